The molecule has 0 saturated carbocycles. The average Bonchev–Trinajstić information content (AvgIpc) is 2.18. The zero-order chi connectivity index (χ0) is 10.1. The fourth-order valence-corrected chi connectivity index (χ4v) is 1.27. The topological polar surface area (TPSA) is 56.0 Å². The van der Waals surface area contributed by atoms with Crippen LogP contribution in [0.1, 0.15) is 0 Å². The molecular weight excluding hydrogens is 187 g/mol. The zero-order valence-corrected chi connectivity index (χ0v) is 6.98. The van der Waals surface area contributed by atoms with E-state index in [4.69, 9.17) is 0 Å². The Labute approximate surface area is 78.2 Å². The minimum Gasteiger partial charge on any atom is -0.258 e. The van der Waals surface area contributed by atoms with Crippen molar-refractivity contribution < 1.29 is 9.31 Å². The van der Waals surface area contributed by atoms with Gasteiger partial charge in [-0.15, -0.1) is 0 Å². The molecule has 1 aromatic carbocycles. The maximum absolute atomic E-state index is 13.2. The first-order chi connectivity index (χ1) is 6.70. The number of hydrogen-bond acceptors (Lipinski definition) is 3. The zero-order valence-electron chi connectivity index (χ0n) is 6.98. The standard InChI is InChI=1S/C9H5FN2O2/c10-7-3-4-8(12(13)14)9-6(7)2-1-5-11-9/h1-5H. The second kappa shape index (κ2) is 3.02. The van der Waals surface area contributed by atoms with Gasteiger partial charge in [0.25, 0.3) is 5.69 Å². The van der Waals surface area contributed by atoms with Crippen LogP contribution in [0.2, 0.25) is 0 Å². The van der Waals surface area contributed by atoms with Gasteiger partial charge in [-0.2, -0.15) is 0 Å². The highest BCUT2D eigenvalue weighted by molar-refractivity contribution is 5.87. The van der Waals surface area contributed by atoms with Crippen molar-refractivity contribution in [2.45, 2.75) is 0 Å². The minimum atomic E-state index is -0.575. The van der Waals surface area contributed by atoms with Crippen molar-refractivity contribution in [2.75, 3.05) is 0 Å². The van der Waals surface area contributed by atoms with Crippen LogP contribution in [0, 0.1) is 15.9 Å². The van der Waals surface area contributed by atoms with E-state index < -0.39 is 10.7 Å². The summed E-state index contributed by atoms with van der Waals surface area (Å²) in [6.07, 6.45) is 1.40. The fraction of sp³-hybridized carbons (Fsp3) is 0. The number of halogens is 1. The second-order valence-electron chi connectivity index (χ2n) is 2.72. The summed E-state index contributed by atoms with van der Waals surface area (Å²) < 4.78 is 13.2. The molecule has 0 unspecified atom stereocenters. The number of hydrogen-bond donors (Lipinski definition) is 0. The van der Waals surface area contributed by atoms with E-state index in [-0.39, 0.29) is 16.6 Å². The summed E-state index contributed by atoms with van der Waals surface area (Å²) in [5.41, 5.74) is -0.0977. The largest absolute Gasteiger partial charge is 0.295 e. The molecule has 0 N–H and O–H groups in total. The number of fused-ring (bicyclic) bond motifs is 1. The van der Waals surface area contributed by atoms with Crippen molar-refractivity contribution in [1.29, 1.82) is 0 Å². The first kappa shape index (κ1) is 8.55. The van der Waals surface area contributed by atoms with Crippen molar-refractivity contribution >= 4 is 16.6 Å². The van der Waals surface area contributed by atoms with Crippen molar-refractivity contribution in [3.63, 3.8) is 0 Å². The molecular formula is C9H5FN2O2. The third kappa shape index (κ3) is 1.19. The van der Waals surface area contributed by atoms with Crippen molar-refractivity contribution in [3.05, 3.63) is 46.4 Å². The highest BCUT2D eigenvalue weighted by atomic mass is 19.1. The summed E-state index contributed by atoms with van der Waals surface area (Å²) in [6.45, 7) is 0. The molecule has 0 fully saturated rings. The van der Waals surface area contributed by atoms with Crippen LogP contribution in [0.3, 0.4) is 0 Å². The van der Waals surface area contributed by atoms with Gasteiger partial charge in [0.05, 0.1) is 4.92 Å². The summed E-state index contributed by atoms with van der Waals surface area (Å²) in [4.78, 5) is 13.8. The Morgan fingerprint density at radius 3 is 2.86 bits per heavy atom. The Bertz CT molecular complexity index is 513. The van der Waals surface area contributed by atoms with E-state index >= 15 is 0 Å². The number of pyridine rings is 1. The van der Waals surface area contributed by atoms with Gasteiger partial charge in [0.1, 0.15) is 5.82 Å². The molecule has 2 rings (SSSR count). The van der Waals surface area contributed by atoms with E-state index in [0.29, 0.717) is 0 Å². The summed E-state index contributed by atoms with van der Waals surface area (Å²) in [7, 11) is 0. The van der Waals surface area contributed by atoms with Crippen LogP contribution in [-0.4, -0.2) is 9.91 Å². The van der Waals surface area contributed by atoms with E-state index in [9.17, 15) is 14.5 Å². The molecule has 0 aliphatic carbocycles. The van der Waals surface area contributed by atoms with Crippen LogP contribution in [0.15, 0.2) is 30.5 Å². The minimum absolute atomic E-state index is 0.0810. The van der Waals surface area contributed by atoms with Gasteiger partial charge in [0, 0.05) is 17.6 Å². The van der Waals surface area contributed by atoms with Gasteiger partial charge in [0.2, 0.25) is 0 Å². The van der Waals surface area contributed by atoms with Gasteiger partial charge in [-0.1, -0.05) is 0 Å². The third-order valence-corrected chi connectivity index (χ3v) is 1.89. The fourth-order valence-electron chi connectivity index (χ4n) is 1.27. The summed E-state index contributed by atoms with van der Waals surface area (Å²) in [6, 6.07) is 5.19. The lowest BCUT2D eigenvalue weighted by atomic mass is 10.2. The van der Waals surface area contributed by atoms with Crippen LogP contribution in [-0.2, 0) is 0 Å². The summed E-state index contributed by atoms with van der Waals surface area (Å²) >= 11 is 0. The lowest BCUT2D eigenvalue weighted by molar-refractivity contribution is -0.383. The highest BCUT2D eigenvalue weighted by Crippen LogP contribution is 2.24. The summed E-state index contributed by atoms with van der Waals surface area (Å²) in [5, 5.41) is 10.7. The van der Waals surface area contributed by atoms with Gasteiger partial charge < -0.3 is 0 Å². The number of rotatable bonds is 1. The average molecular weight is 192 g/mol. The highest BCUT2D eigenvalue weighted by Gasteiger charge is 2.14. The Kier molecular flexibility index (Phi) is 1.85. The molecule has 0 saturated heterocycles. The monoisotopic (exact) mass is 192 g/mol. The van der Waals surface area contributed by atoms with Crippen LogP contribution < -0.4 is 0 Å². The molecule has 0 amide bonds. The predicted molar refractivity (Wildman–Crippen MR) is 48.4 cm³/mol. The molecule has 4 nitrogen and oxygen atoms in total. The first-order valence-electron chi connectivity index (χ1n) is 3.88. The second-order valence-corrected chi connectivity index (χ2v) is 2.72. The Hall–Kier alpha value is -2.04. The molecule has 70 valence electrons. The van der Waals surface area contributed by atoms with Crippen molar-refractivity contribution in [1.82, 2.24) is 4.98 Å². The van der Waals surface area contributed by atoms with E-state index in [1.165, 1.54) is 18.3 Å². The van der Waals surface area contributed by atoms with Crippen LogP contribution >= 0.6 is 0 Å². The van der Waals surface area contributed by atoms with E-state index in [1.807, 2.05) is 0 Å². The van der Waals surface area contributed by atoms with E-state index in [2.05, 4.69) is 4.98 Å². The lowest BCUT2D eigenvalue weighted by Crippen LogP contribution is -1.92. The maximum Gasteiger partial charge on any atom is 0.295 e. The molecule has 1 heterocycles. The molecule has 5 heteroatoms. The van der Waals surface area contributed by atoms with Crippen molar-refractivity contribution in [2.24, 2.45) is 0 Å². The van der Waals surface area contributed by atoms with Gasteiger partial charge in [0.15, 0.2) is 5.52 Å². The smallest absolute Gasteiger partial charge is 0.258 e. The van der Waals surface area contributed by atoms with Gasteiger partial charge in [-0.3, -0.25) is 10.1 Å². The molecule has 1 aromatic heterocycles. The maximum atomic E-state index is 13.2. The summed E-state index contributed by atoms with van der Waals surface area (Å²) in [5.74, 6) is -0.501. The first-order valence-corrected chi connectivity index (χ1v) is 3.88. The van der Waals surface area contributed by atoms with Gasteiger partial charge in [-0.25, -0.2) is 9.37 Å². The molecule has 0 aliphatic rings. The number of nitro groups is 1. The molecule has 0 spiro atoms. The number of nitrogens with zero attached hydrogens (tertiary/aromatic N) is 2. The molecule has 0 radical (unpaired) electrons. The van der Waals surface area contributed by atoms with Gasteiger partial charge >= 0.3 is 0 Å². The van der Waals surface area contributed by atoms with Gasteiger partial charge in [-0.05, 0) is 18.2 Å². The number of non-ortho nitro benzene ring substituents is 1. The third-order valence-electron chi connectivity index (χ3n) is 1.89. The number of aromatic nitrogens is 1. The van der Waals surface area contributed by atoms with E-state index in [0.717, 1.165) is 12.1 Å². The van der Waals surface area contributed by atoms with Crippen molar-refractivity contribution in [3.8, 4) is 0 Å². The SMILES string of the molecule is O=[N+]([O-])c1ccc(F)c2cccnc12. The Morgan fingerprint density at radius 2 is 2.14 bits per heavy atom. The van der Waals surface area contributed by atoms with Crippen LogP contribution in [0.25, 0.3) is 10.9 Å². The number of nitro benzene ring substituents is 1. The van der Waals surface area contributed by atoms with Crippen LogP contribution in [0.5, 0.6) is 0 Å². The molecule has 0 bridgehead atoms. The molecule has 0 aliphatic heterocycles. The lowest BCUT2D eigenvalue weighted by Gasteiger charge is -1.98. The van der Waals surface area contributed by atoms with Crippen LogP contribution in [0.4, 0.5) is 10.1 Å². The molecule has 0 atom stereocenters. The number of benzene rings is 1. The predicted octanol–water partition coefficient (Wildman–Crippen LogP) is 2.28. The van der Waals surface area contributed by atoms with E-state index in [1.54, 1.807) is 0 Å². The quantitative estimate of drug-likeness (QED) is 0.514. The molecule has 14 heavy (non-hydrogen) atoms. The molecule has 2 aromatic rings. The Morgan fingerprint density at radius 1 is 1.36 bits per heavy atom. The Balaban J connectivity index is 2.88. The normalized spacial score (nSPS) is 10.4.